The molecular weight excluding hydrogens is 368 g/mol. The lowest BCUT2D eigenvalue weighted by Gasteiger charge is -2.57. The van der Waals surface area contributed by atoms with Crippen LogP contribution in [0.15, 0.2) is 12.3 Å². The number of rotatable bonds is 3. The van der Waals surface area contributed by atoms with Gasteiger partial charge in [-0.25, -0.2) is 4.98 Å². The van der Waals surface area contributed by atoms with Gasteiger partial charge in [0, 0.05) is 12.6 Å². The molecule has 0 bridgehead atoms. The molecule has 2 saturated carbocycles. The Morgan fingerprint density at radius 3 is 2.69 bits per heavy atom. The van der Waals surface area contributed by atoms with Gasteiger partial charge in [0.25, 0.3) is 0 Å². The molecule has 29 heavy (non-hydrogen) atoms. The number of nitrogens with one attached hydrogen (secondary N) is 1. The van der Waals surface area contributed by atoms with Crippen molar-refractivity contribution in [2.75, 3.05) is 17.6 Å². The molecule has 2 heterocycles. The van der Waals surface area contributed by atoms with Crippen LogP contribution in [0.1, 0.15) is 57.4 Å². The van der Waals surface area contributed by atoms with Crippen molar-refractivity contribution in [2.45, 2.75) is 70.9 Å². The number of nitrogen functional groups attached to an aromatic ring is 1. The van der Waals surface area contributed by atoms with Gasteiger partial charge in [-0.1, -0.05) is 6.92 Å². The number of pyridine rings is 1. The number of aryl methyl sites for hydroxylation is 1. The number of hydrogen-bond donors (Lipinski definition) is 3. The summed E-state index contributed by atoms with van der Waals surface area (Å²) < 4.78 is 0. The van der Waals surface area contributed by atoms with Crippen molar-refractivity contribution in [2.24, 2.45) is 17.3 Å². The van der Waals surface area contributed by atoms with Crippen molar-refractivity contribution in [1.82, 2.24) is 9.88 Å². The van der Waals surface area contributed by atoms with E-state index in [1.54, 1.807) is 11.0 Å². The van der Waals surface area contributed by atoms with E-state index in [1.165, 1.54) is 6.20 Å². The summed E-state index contributed by atoms with van der Waals surface area (Å²) in [4.78, 5) is 31.4. The Labute approximate surface area is 172 Å². The number of carbonyl (C=O) groups excluding carboxylic acids is 2. The number of likely N-dealkylation sites (tertiary alicyclic amines) is 1. The Hall–Kier alpha value is -2.15. The van der Waals surface area contributed by atoms with Crippen molar-refractivity contribution in [3.8, 4) is 0 Å². The lowest BCUT2D eigenvalue weighted by atomic mass is 9.50. The number of aliphatic hydroxyl groups is 1. The van der Waals surface area contributed by atoms with Gasteiger partial charge < -0.3 is 21.1 Å². The summed E-state index contributed by atoms with van der Waals surface area (Å²) in [5.74, 6) is 0.351. The first-order valence-corrected chi connectivity index (χ1v) is 10.8. The average molecular weight is 401 g/mol. The second kappa shape index (κ2) is 7.59. The SMILES string of the molecule is Cc1cc(NC(=O)C(=O)N2C[C@@H](C)CC[C@@H]2CC2CC3(CC(O)C3)C2)cnc1N. The van der Waals surface area contributed by atoms with Gasteiger partial charge in [-0.15, -0.1) is 0 Å². The summed E-state index contributed by atoms with van der Waals surface area (Å²) in [5, 5.41) is 12.3. The zero-order valence-electron chi connectivity index (χ0n) is 17.4. The molecule has 3 fully saturated rings. The molecule has 4 rings (SSSR count). The van der Waals surface area contributed by atoms with E-state index in [1.807, 2.05) is 6.92 Å². The minimum absolute atomic E-state index is 0.111. The van der Waals surface area contributed by atoms with Gasteiger partial charge in [0.05, 0.1) is 18.0 Å². The molecule has 0 radical (unpaired) electrons. The largest absolute Gasteiger partial charge is 0.393 e. The van der Waals surface area contributed by atoms with Crippen LogP contribution in [-0.2, 0) is 9.59 Å². The second-order valence-electron chi connectivity index (χ2n) is 9.75. The predicted molar refractivity (Wildman–Crippen MR) is 111 cm³/mol. The number of carbonyl (C=O) groups is 2. The van der Waals surface area contributed by atoms with Crippen LogP contribution >= 0.6 is 0 Å². The number of anilines is 2. The number of aliphatic hydroxyl groups excluding tert-OH is 1. The summed E-state index contributed by atoms with van der Waals surface area (Å²) >= 11 is 0. The smallest absolute Gasteiger partial charge is 0.313 e. The number of piperidine rings is 1. The van der Waals surface area contributed by atoms with Gasteiger partial charge in [0.1, 0.15) is 5.82 Å². The van der Waals surface area contributed by atoms with Crippen molar-refractivity contribution in [3.05, 3.63) is 17.8 Å². The molecule has 2 atom stereocenters. The lowest BCUT2D eigenvalue weighted by molar-refractivity contribution is -0.148. The van der Waals surface area contributed by atoms with Crippen molar-refractivity contribution >= 4 is 23.3 Å². The first-order valence-electron chi connectivity index (χ1n) is 10.8. The molecule has 2 aliphatic carbocycles. The highest BCUT2D eigenvalue weighted by molar-refractivity contribution is 6.39. The summed E-state index contributed by atoms with van der Waals surface area (Å²) in [7, 11) is 0. The second-order valence-corrected chi connectivity index (χ2v) is 9.75. The highest BCUT2D eigenvalue weighted by Crippen LogP contribution is 2.60. The third-order valence-electron chi connectivity index (χ3n) is 7.16. The molecular formula is C22H32N4O3. The van der Waals surface area contributed by atoms with E-state index in [2.05, 4.69) is 17.2 Å². The molecule has 1 aromatic heterocycles. The molecule has 2 amide bonds. The molecule has 1 aliphatic heterocycles. The van der Waals surface area contributed by atoms with Gasteiger partial charge in [-0.05, 0) is 80.8 Å². The normalized spacial score (nSPS) is 33.7. The monoisotopic (exact) mass is 400 g/mol. The first-order chi connectivity index (χ1) is 13.7. The van der Waals surface area contributed by atoms with Crippen molar-refractivity contribution in [1.29, 1.82) is 0 Å². The topological polar surface area (TPSA) is 109 Å². The zero-order chi connectivity index (χ0) is 20.8. The fourth-order valence-electron chi connectivity index (χ4n) is 5.66. The van der Waals surface area contributed by atoms with Crippen LogP contribution in [0.2, 0.25) is 0 Å². The summed E-state index contributed by atoms with van der Waals surface area (Å²) in [6, 6.07) is 1.85. The molecule has 4 N–H and O–H groups in total. The summed E-state index contributed by atoms with van der Waals surface area (Å²) in [5.41, 5.74) is 7.35. The van der Waals surface area contributed by atoms with Gasteiger partial charge in [0.15, 0.2) is 0 Å². The molecule has 0 aromatic carbocycles. The fourth-order valence-corrected chi connectivity index (χ4v) is 5.66. The number of hydrogen-bond acceptors (Lipinski definition) is 5. The Balaban J connectivity index is 1.37. The van der Waals surface area contributed by atoms with Crippen LogP contribution < -0.4 is 11.1 Å². The first kappa shape index (κ1) is 20.1. The Kier molecular flexibility index (Phi) is 5.27. The van der Waals surface area contributed by atoms with Crippen molar-refractivity contribution in [3.63, 3.8) is 0 Å². The minimum Gasteiger partial charge on any atom is -0.393 e. The highest BCUT2D eigenvalue weighted by Gasteiger charge is 2.53. The predicted octanol–water partition coefficient (Wildman–Crippen LogP) is 2.48. The minimum atomic E-state index is -0.609. The van der Waals surface area contributed by atoms with Crippen LogP contribution in [0.25, 0.3) is 0 Å². The van der Waals surface area contributed by atoms with E-state index in [0.29, 0.717) is 35.3 Å². The molecule has 3 aliphatic rings. The molecule has 158 valence electrons. The third kappa shape index (κ3) is 4.10. The Bertz CT molecular complexity index is 797. The standard InChI is InChI=1S/C22H32N4O3/c1-13-3-4-17(6-15-7-22(8-15)9-18(27)10-22)26(12-13)21(29)20(28)25-16-5-14(2)19(23)24-11-16/h5,11,13,15,17-18,27H,3-4,6-10,12H2,1-2H3,(H2,23,24)(H,25,28)/t13-,15?,17+,18?,22?/m0/s1. The third-order valence-corrected chi connectivity index (χ3v) is 7.16. The van der Waals surface area contributed by atoms with Crippen LogP contribution in [-0.4, -0.2) is 45.5 Å². The van der Waals surface area contributed by atoms with Gasteiger partial charge in [0.2, 0.25) is 0 Å². The molecule has 7 heteroatoms. The van der Waals surface area contributed by atoms with Crippen molar-refractivity contribution < 1.29 is 14.7 Å². The van der Waals surface area contributed by atoms with Crippen LogP contribution in [0.5, 0.6) is 0 Å². The summed E-state index contributed by atoms with van der Waals surface area (Å²) in [6.07, 6.45) is 8.55. The Morgan fingerprint density at radius 2 is 2.03 bits per heavy atom. The maximum atomic E-state index is 13.0. The number of nitrogens with two attached hydrogens (primary N) is 1. The number of aromatic nitrogens is 1. The quantitative estimate of drug-likeness (QED) is 0.676. The van der Waals surface area contributed by atoms with Crippen LogP contribution in [0.4, 0.5) is 11.5 Å². The maximum Gasteiger partial charge on any atom is 0.313 e. The van der Waals surface area contributed by atoms with Crippen LogP contribution in [0, 0.1) is 24.2 Å². The van der Waals surface area contributed by atoms with E-state index in [0.717, 1.165) is 50.5 Å². The molecule has 7 nitrogen and oxygen atoms in total. The molecule has 1 saturated heterocycles. The fraction of sp³-hybridized carbons (Fsp3) is 0.682. The zero-order valence-corrected chi connectivity index (χ0v) is 17.4. The average Bonchev–Trinajstić information content (AvgIpc) is 2.62. The molecule has 1 aromatic rings. The number of amides is 2. The summed E-state index contributed by atoms with van der Waals surface area (Å²) in [6.45, 7) is 4.58. The molecule has 0 unspecified atom stereocenters. The lowest BCUT2D eigenvalue weighted by Crippen LogP contribution is -2.54. The van der Waals surface area contributed by atoms with E-state index in [-0.39, 0.29) is 12.1 Å². The highest BCUT2D eigenvalue weighted by atomic mass is 16.3. The van der Waals surface area contributed by atoms with E-state index in [4.69, 9.17) is 5.73 Å². The Morgan fingerprint density at radius 1 is 1.31 bits per heavy atom. The van der Waals surface area contributed by atoms with Gasteiger partial charge in [-0.3, -0.25) is 9.59 Å². The maximum absolute atomic E-state index is 13.0. The van der Waals surface area contributed by atoms with E-state index >= 15 is 0 Å². The van der Waals surface area contributed by atoms with Crippen LogP contribution in [0.3, 0.4) is 0 Å². The number of nitrogens with zero attached hydrogens (tertiary/aromatic N) is 2. The van der Waals surface area contributed by atoms with E-state index in [9.17, 15) is 14.7 Å². The van der Waals surface area contributed by atoms with Gasteiger partial charge in [-0.2, -0.15) is 0 Å². The van der Waals surface area contributed by atoms with Gasteiger partial charge >= 0.3 is 11.8 Å². The van der Waals surface area contributed by atoms with E-state index < -0.39 is 11.8 Å². The molecule has 1 spiro atoms.